The monoisotopic (exact) mass is 327 g/mol. The number of thioether (sulfide) groups is 1. The first-order chi connectivity index (χ1) is 10.0. The summed E-state index contributed by atoms with van der Waals surface area (Å²) in [6, 6.07) is 7.79. The van der Waals surface area contributed by atoms with E-state index in [1.165, 1.54) is 5.56 Å². The van der Waals surface area contributed by atoms with E-state index >= 15 is 0 Å². The Morgan fingerprint density at radius 1 is 1.48 bits per heavy atom. The maximum atomic E-state index is 10.4. The van der Waals surface area contributed by atoms with E-state index in [2.05, 4.69) is 10.3 Å². The SMILES string of the molecule is CN=C(NCC1(O)CCSC1)N(C)Cc1ccc(Cl)cc1. The van der Waals surface area contributed by atoms with Crippen molar-refractivity contribution in [1.82, 2.24) is 10.2 Å². The average Bonchev–Trinajstić information content (AvgIpc) is 2.89. The highest BCUT2D eigenvalue weighted by atomic mass is 35.5. The Labute approximate surface area is 135 Å². The molecule has 0 amide bonds. The lowest BCUT2D eigenvalue weighted by Crippen LogP contribution is -2.47. The van der Waals surface area contributed by atoms with Gasteiger partial charge in [-0.3, -0.25) is 4.99 Å². The predicted octanol–water partition coefficient (Wildman–Crippen LogP) is 2.22. The summed E-state index contributed by atoms with van der Waals surface area (Å²) in [4.78, 5) is 6.32. The Morgan fingerprint density at radius 3 is 2.76 bits per heavy atom. The summed E-state index contributed by atoms with van der Waals surface area (Å²) in [6.45, 7) is 1.28. The number of hydrogen-bond donors (Lipinski definition) is 2. The van der Waals surface area contributed by atoms with Gasteiger partial charge in [-0.25, -0.2) is 0 Å². The predicted molar refractivity (Wildman–Crippen MR) is 91.2 cm³/mol. The van der Waals surface area contributed by atoms with Gasteiger partial charge in [-0.1, -0.05) is 23.7 Å². The lowest BCUT2D eigenvalue weighted by Gasteiger charge is -2.27. The summed E-state index contributed by atoms with van der Waals surface area (Å²) in [6.07, 6.45) is 0.836. The largest absolute Gasteiger partial charge is 0.387 e. The molecule has 1 aliphatic rings. The van der Waals surface area contributed by atoms with Crippen LogP contribution in [0.4, 0.5) is 0 Å². The van der Waals surface area contributed by atoms with Crippen molar-refractivity contribution in [3.05, 3.63) is 34.9 Å². The van der Waals surface area contributed by atoms with Gasteiger partial charge < -0.3 is 15.3 Å². The number of guanidine groups is 1. The zero-order valence-corrected chi connectivity index (χ0v) is 14.0. The van der Waals surface area contributed by atoms with Crippen molar-refractivity contribution in [3.8, 4) is 0 Å². The summed E-state index contributed by atoms with van der Waals surface area (Å²) in [5, 5.41) is 14.4. The third-order valence-electron chi connectivity index (χ3n) is 3.56. The molecule has 0 saturated carbocycles. The number of benzene rings is 1. The number of nitrogens with zero attached hydrogens (tertiary/aromatic N) is 2. The third kappa shape index (κ3) is 4.80. The van der Waals surface area contributed by atoms with Crippen molar-refractivity contribution in [1.29, 1.82) is 0 Å². The van der Waals surface area contributed by atoms with Crippen LogP contribution < -0.4 is 5.32 Å². The highest BCUT2D eigenvalue weighted by Gasteiger charge is 2.31. The molecule has 1 aliphatic heterocycles. The van der Waals surface area contributed by atoms with Crippen LogP contribution in [0, 0.1) is 0 Å². The molecule has 2 rings (SSSR count). The molecule has 1 fully saturated rings. The fourth-order valence-electron chi connectivity index (χ4n) is 2.30. The quantitative estimate of drug-likeness (QED) is 0.657. The molecule has 1 unspecified atom stereocenters. The molecule has 2 N–H and O–H groups in total. The third-order valence-corrected chi connectivity index (χ3v) is 5.05. The summed E-state index contributed by atoms with van der Waals surface area (Å²) in [7, 11) is 3.74. The molecule has 0 bridgehead atoms. The van der Waals surface area contributed by atoms with Crippen LogP contribution in [0.25, 0.3) is 0 Å². The van der Waals surface area contributed by atoms with Gasteiger partial charge in [0.25, 0.3) is 0 Å². The van der Waals surface area contributed by atoms with Crippen LogP contribution in [-0.2, 0) is 6.54 Å². The zero-order valence-electron chi connectivity index (χ0n) is 12.5. The van der Waals surface area contributed by atoms with Crippen molar-refractivity contribution in [2.75, 3.05) is 32.1 Å². The molecule has 0 aromatic heterocycles. The van der Waals surface area contributed by atoms with Gasteiger partial charge in [0.1, 0.15) is 0 Å². The number of hydrogen-bond acceptors (Lipinski definition) is 3. The van der Waals surface area contributed by atoms with E-state index in [1.807, 2.05) is 36.2 Å². The number of aliphatic hydroxyl groups is 1. The molecule has 1 aromatic rings. The second kappa shape index (κ2) is 7.38. The van der Waals surface area contributed by atoms with Crippen LogP contribution in [0.2, 0.25) is 5.02 Å². The lowest BCUT2D eigenvalue weighted by atomic mass is 10.0. The Hall–Kier alpha value is -0.910. The van der Waals surface area contributed by atoms with Gasteiger partial charge >= 0.3 is 0 Å². The van der Waals surface area contributed by atoms with E-state index in [9.17, 15) is 5.11 Å². The number of aliphatic imine (C=N–C) groups is 1. The summed E-state index contributed by atoms with van der Waals surface area (Å²) < 4.78 is 0. The molecular weight excluding hydrogens is 306 g/mol. The maximum Gasteiger partial charge on any atom is 0.193 e. The smallest absolute Gasteiger partial charge is 0.193 e. The van der Waals surface area contributed by atoms with Crippen molar-refractivity contribution in [2.45, 2.75) is 18.6 Å². The summed E-state index contributed by atoms with van der Waals surface area (Å²) >= 11 is 7.69. The molecule has 1 aromatic carbocycles. The zero-order chi connectivity index (χ0) is 15.3. The van der Waals surface area contributed by atoms with Gasteiger partial charge in [0.2, 0.25) is 0 Å². The molecular formula is C15H22ClN3OS. The van der Waals surface area contributed by atoms with E-state index in [4.69, 9.17) is 11.6 Å². The Balaban J connectivity index is 1.89. The van der Waals surface area contributed by atoms with E-state index in [-0.39, 0.29) is 0 Å². The molecule has 1 atom stereocenters. The maximum absolute atomic E-state index is 10.4. The molecule has 0 aliphatic carbocycles. The molecule has 0 radical (unpaired) electrons. The summed E-state index contributed by atoms with van der Waals surface area (Å²) in [5.41, 5.74) is 0.557. The second-order valence-corrected chi connectivity index (χ2v) is 6.95. The highest BCUT2D eigenvalue weighted by molar-refractivity contribution is 7.99. The molecule has 21 heavy (non-hydrogen) atoms. The first-order valence-electron chi connectivity index (χ1n) is 6.99. The number of nitrogens with one attached hydrogen (secondary N) is 1. The van der Waals surface area contributed by atoms with E-state index in [1.54, 1.807) is 18.8 Å². The van der Waals surface area contributed by atoms with Crippen molar-refractivity contribution in [2.24, 2.45) is 4.99 Å². The minimum Gasteiger partial charge on any atom is -0.387 e. The highest BCUT2D eigenvalue weighted by Crippen LogP contribution is 2.27. The molecule has 6 heteroatoms. The van der Waals surface area contributed by atoms with Crippen molar-refractivity contribution in [3.63, 3.8) is 0 Å². The topological polar surface area (TPSA) is 47.9 Å². The lowest BCUT2D eigenvalue weighted by molar-refractivity contribution is 0.0718. The Bertz CT molecular complexity index is 486. The number of rotatable bonds is 4. The van der Waals surface area contributed by atoms with E-state index in [0.29, 0.717) is 6.54 Å². The van der Waals surface area contributed by atoms with Crippen LogP contribution in [0.3, 0.4) is 0 Å². The van der Waals surface area contributed by atoms with Gasteiger partial charge in [0.15, 0.2) is 5.96 Å². The molecule has 1 saturated heterocycles. The van der Waals surface area contributed by atoms with Crippen LogP contribution in [0.5, 0.6) is 0 Å². The fraction of sp³-hybridized carbons (Fsp3) is 0.533. The van der Waals surface area contributed by atoms with E-state index in [0.717, 1.165) is 35.5 Å². The first-order valence-corrected chi connectivity index (χ1v) is 8.52. The van der Waals surface area contributed by atoms with Crippen LogP contribution >= 0.6 is 23.4 Å². The standard InChI is InChI=1S/C15H22ClN3OS/c1-17-14(18-10-15(20)7-8-21-11-15)19(2)9-12-3-5-13(16)6-4-12/h3-6,20H,7-11H2,1-2H3,(H,17,18). The first kappa shape index (κ1) is 16.5. The van der Waals surface area contributed by atoms with Crippen molar-refractivity contribution >= 4 is 29.3 Å². The van der Waals surface area contributed by atoms with Gasteiger partial charge in [-0.2, -0.15) is 11.8 Å². The minimum absolute atomic E-state index is 0.539. The van der Waals surface area contributed by atoms with Gasteiger partial charge in [-0.15, -0.1) is 0 Å². The summed E-state index contributed by atoms with van der Waals surface area (Å²) in [5.74, 6) is 2.60. The Kier molecular flexibility index (Phi) is 5.79. The fourth-order valence-corrected chi connectivity index (χ4v) is 3.72. The van der Waals surface area contributed by atoms with E-state index < -0.39 is 5.60 Å². The van der Waals surface area contributed by atoms with Gasteiger partial charge in [0, 0.05) is 38.0 Å². The normalized spacial score (nSPS) is 22.4. The Morgan fingerprint density at radius 2 is 2.19 bits per heavy atom. The van der Waals surface area contributed by atoms with Crippen LogP contribution in [0.15, 0.2) is 29.3 Å². The molecule has 0 spiro atoms. The van der Waals surface area contributed by atoms with Gasteiger partial charge in [-0.05, 0) is 29.9 Å². The van der Waals surface area contributed by atoms with Gasteiger partial charge in [0.05, 0.1) is 5.60 Å². The second-order valence-electron chi connectivity index (χ2n) is 5.41. The number of halogens is 1. The average molecular weight is 328 g/mol. The van der Waals surface area contributed by atoms with Crippen molar-refractivity contribution < 1.29 is 5.11 Å². The minimum atomic E-state index is -0.609. The van der Waals surface area contributed by atoms with Crippen LogP contribution in [-0.4, -0.2) is 53.7 Å². The molecule has 116 valence electrons. The van der Waals surface area contributed by atoms with Crippen LogP contribution in [0.1, 0.15) is 12.0 Å². The molecule has 4 nitrogen and oxygen atoms in total. The molecule has 1 heterocycles.